The fourth-order valence-corrected chi connectivity index (χ4v) is 2.72. The second-order valence-corrected chi connectivity index (χ2v) is 9.78. The third-order valence-corrected chi connectivity index (χ3v) is 5.79. The monoisotopic (exact) mass is 401 g/mol. The average molecular weight is 401 g/mol. The molecule has 2 aromatic rings. The van der Waals surface area contributed by atoms with Crippen LogP contribution in [0.2, 0.25) is 0 Å². The van der Waals surface area contributed by atoms with Gasteiger partial charge in [0.1, 0.15) is 5.82 Å². The molecule has 0 saturated carbocycles. The lowest BCUT2D eigenvalue weighted by Crippen LogP contribution is -2.25. The zero-order valence-corrected chi connectivity index (χ0v) is 16.6. The Morgan fingerprint density at radius 2 is 1.67 bits per heavy atom. The average Bonchev–Trinajstić information content (AvgIpc) is 2.98. The smallest absolute Gasteiger partial charge is 0.328 e. The summed E-state index contributed by atoms with van der Waals surface area (Å²) in [5, 5.41) is 0. The van der Waals surface area contributed by atoms with E-state index in [1.54, 1.807) is 58.9 Å². The number of rotatable bonds is 4. The minimum atomic E-state index is -4.52. The molecular formula is C18H22F3N3O2S. The highest BCUT2D eigenvalue weighted by Gasteiger charge is 2.35. The molecule has 27 heavy (non-hydrogen) atoms. The predicted octanol–water partition coefficient (Wildman–Crippen LogP) is 4.70. The molecule has 0 fully saturated rings. The number of halogens is 3. The lowest BCUT2D eigenvalue weighted by atomic mass is 10.1. The van der Waals surface area contributed by atoms with Crippen molar-refractivity contribution in [2.45, 2.75) is 51.6 Å². The summed E-state index contributed by atoms with van der Waals surface area (Å²) in [4.78, 5) is 3.73. The highest BCUT2D eigenvalue weighted by atomic mass is 32.2. The van der Waals surface area contributed by atoms with Crippen LogP contribution < -0.4 is 0 Å². The Morgan fingerprint density at radius 1 is 1.11 bits per heavy atom. The number of sulfonamides is 1. The zero-order valence-electron chi connectivity index (χ0n) is 15.7. The summed E-state index contributed by atoms with van der Waals surface area (Å²) in [5.74, 6) is 0.197. The van der Waals surface area contributed by atoms with E-state index in [0.717, 1.165) is 6.20 Å². The van der Waals surface area contributed by atoms with Crippen LogP contribution in [0.5, 0.6) is 0 Å². The highest BCUT2D eigenvalue weighted by Crippen LogP contribution is 2.32. The van der Waals surface area contributed by atoms with Crippen molar-refractivity contribution in [1.29, 1.82) is 0 Å². The highest BCUT2D eigenvalue weighted by molar-refractivity contribution is 7.91. The number of imidazole rings is 1. The Balaban J connectivity index is 2.37. The molecule has 1 heterocycles. The van der Waals surface area contributed by atoms with E-state index in [2.05, 4.69) is 9.38 Å². The van der Waals surface area contributed by atoms with Crippen LogP contribution in [0.3, 0.4) is 0 Å². The first kappa shape index (κ1) is 21.1. The Bertz CT molecular complexity index is 936. The molecule has 9 heteroatoms. The van der Waals surface area contributed by atoms with Gasteiger partial charge in [0.25, 0.3) is 10.0 Å². The fraction of sp³-hybridized carbons (Fsp3) is 0.444. The van der Waals surface area contributed by atoms with Crippen molar-refractivity contribution in [3.05, 3.63) is 41.7 Å². The van der Waals surface area contributed by atoms with Crippen molar-refractivity contribution in [3.8, 4) is 11.4 Å². The molecule has 0 aliphatic rings. The lowest BCUT2D eigenvalue weighted by molar-refractivity contribution is -0.140. The maximum Gasteiger partial charge on any atom is 0.434 e. The second-order valence-electron chi connectivity index (χ2n) is 7.39. The van der Waals surface area contributed by atoms with Gasteiger partial charge in [-0.15, -0.1) is 0 Å². The van der Waals surface area contributed by atoms with E-state index >= 15 is 0 Å². The summed E-state index contributed by atoms with van der Waals surface area (Å²) < 4.78 is 67.1. The van der Waals surface area contributed by atoms with Crippen molar-refractivity contribution in [3.63, 3.8) is 0 Å². The van der Waals surface area contributed by atoms with Crippen molar-refractivity contribution in [1.82, 2.24) is 9.55 Å². The first-order chi connectivity index (χ1) is 12.2. The summed E-state index contributed by atoms with van der Waals surface area (Å²) in [6.07, 6.45) is -2.31. The maximum atomic E-state index is 13.0. The van der Waals surface area contributed by atoms with E-state index in [0.29, 0.717) is 11.1 Å². The number of aromatic nitrogens is 2. The van der Waals surface area contributed by atoms with Gasteiger partial charge in [0.15, 0.2) is 5.69 Å². The molecule has 0 aliphatic heterocycles. The molecule has 0 aliphatic carbocycles. The maximum absolute atomic E-state index is 13.0. The van der Waals surface area contributed by atoms with Gasteiger partial charge in [0, 0.05) is 24.0 Å². The Labute approximate surface area is 157 Å². The Kier molecular flexibility index (Phi) is 5.56. The second kappa shape index (κ2) is 7.10. The largest absolute Gasteiger partial charge is 0.434 e. The molecule has 0 atom stereocenters. The van der Waals surface area contributed by atoms with Gasteiger partial charge in [-0.05, 0) is 40.2 Å². The fourth-order valence-electron chi connectivity index (χ4n) is 2.14. The Hall–Kier alpha value is -2.16. The van der Waals surface area contributed by atoms with Crippen molar-refractivity contribution in [2.75, 3.05) is 0 Å². The molecule has 0 spiro atoms. The van der Waals surface area contributed by atoms with Crippen LogP contribution in [-0.4, -0.2) is 28.9 Å². The van der Waals surface area contributed by atoms with Gasteiger partial charge in [-0.2, -0.15) is 17.6 Å². The predicted molar refractivity (Wildman–Crippen MR) is 99.3 cm³/mol. The SMILES string of the molecule is CC(C)n1cc(C(F)(F)F)nc1-c1ccc(/C=N/S(=O)(=O)C(C)(C)C)cc1. The van der Waals surface area contributed by atoms with E-state index in [4.69, 9.17) is 0 Å². The topological polar surface area (TPSA) is 64.3 Å². The molecular weight excluding hydrogens is 379 g/mol. The summed E-state index contributed by atoms with van der Waals surface area (Å²) in [6.45, 7) is 8.18. The first-order valence-electron chi connectivity index (χ1n) is 8.29. The van der Waals surface area contributed by atoms with Gasteiger partial charge in [-0.1, -0.05) is 24.3 Å². The standard InChI is InChI=1S/C18H22F3N3O2S/c1-12(2)24-11-15(18(19,20)21)23-16(24)14-8-6-13(7-9-14)10-22-27(25,26)17(3,4)5/h6-12H,1-5H3/b22-10+. The van der Waals surface area contributed by atoms with Gasteiger partial charge in [-0.25, -0.2) is 13.4 Å². The number of benzene rings is 1. The molecule has 0 unspecified atom stereocenters. The van der Waals surface area contributed by atoms with Crippen molar-refractivity contribution >= 4 is 16.2 Å². The number of hydrogen-bond donors (Lipinski definition) is 0. The van der Waals surface area contributed by atoms with E-state index < -0.39 is 26.6 Å². The van der Waals surface area contributed by atoms with Crippen LogP contribution >= 0.6 is 0 Å². The van der Waals surface area contributed by atoms with E-state index in [9.17, 15) is 21.6 Å². The van der Waals surface area contributed by atoms with Gasteiger partial charge in [0.05, 0.1) is 4.75 Å². The van der Waals surface area contributed by atoms with Gasteiger partial charge in [-0.3, -0.25) is 0 Å². The third kappa shape index (κ3) is 4.77. The van der Waals surface area contributed by atoms with Crippen LogP contribution in [0.25, 0.3) is 11.4 Å². The van der Waals surface area contributed by atoms with Gasteiger partial charge in [0.2, 0.25) is 0 Å². The van der Waals surface area contributed by atoms with E-state index in [1.165, 1.54) is 10.8 Å². The normalized spacial score (nSPS) is 13.7. The van der Waals surface area contributed by atoms with Crippen molar-refractivity contribution in [2.24, 2.45) is 4.40 Å². The molecule has 0 N–H and O–H groups in total. The van der Waals surface area contributed by atoms with Crippen molar-refractivity contribution < 1.29 is 21.6 Å². The van der Waals surface area contributed by atoms with Crippen LogP contribution in [0.15, 0.2) is 34.9 Å². The minimum absolute atomic E-state index is 0.197. The third-order valence-electron chi connectivity index (χ3n) is 3.86. The quantitative estimate of drug-likeness (QED) is 0.698. The molecule has 148 valence electrons. The summed E-state index contributed by atoms with van der Waals surface area (Å²) in [5.41, 5.74) is 0.0633. The van der Waals surface area contributed by atoms with Crippen LogP contribution in [0.1, 0.15) is 51.9 Å². The van der Waals surface area contributed by atoms with E-state index in [1.807, 2.05) is 0 Å². The molecule has 0 amide bonds. The number of hydrogen-bond acceptors (Lipinski definition) is 3. The van der Waals surface area contributed by atoms with Crippen LogP contribution in [0.4, 0.5) is 13.2 Å². The molecule has 0 saturated heterocycles. The van der Waals surface area contributed by atoms with E-state index in [-0.39, 0.29) is 11.9 Å². The Morgan fingerprint density at radius 3 is 2.11 bits per heavy atom. The van der Waals surface area contributed by atoms with Crippen LogP contribution in [-0.2, 0) is 16.2 Å². The molecule has 0 bridgehead atoms. The summed E-state index contributed by atoms with van der Waals surface area (Å²) >= 11 is 0. The van der Waals surface area contributed by atoms with Gasteiger partial charge < -0.3 is 4.57 Å². The summed E-state index contributed by atoms with van der Waals surface area (Å²) in [7, 11) is -3.66. The molecule has 1 aromatic heterocycles. The zero-order chi connectivity index (χ0) is 20.6. The van der Waals surface area contributed by atoms with Gasteiger partial charge >= 0.3 is 6.18 Å². The molecule has 0 radical (unpaired) electrons. The summed E-state index contributed by atoms with van der Waals surface area (Å²) in [6, 6.07) is 6.15. The number of alkyl halides is 3. The number of nitrogens with zero attached hydrogens (tertiary/aromatic N) is 3. The van der Waals surface area contributed by atoms with Crippen LogP contribution in [0, 0.1) is 0 Å². The molecule has 5 nitrogen and oxygen atoms in total. The lowest BCUT2D eigenvalue weighted by Gasteiger charge is -2.14. The minimum Gasteiger partial charge on any atom is -0.328 e. The first-order valence-corrected chi connectivity index (χ1v) is 9.73. The molecule has 2 rings (SSSR count). The molecule has 1 aromatic carbocycles.